The van der Waals surface area contributed by atoms with Crippen LogP contribution >= 0.6 is 11.3 Å². The van der Waals surface area contributed by atoms with E-state index in [-0.39, 0.29) is 11.8 Å². The van der Waals surface area contributed by atoms with Crippen LogP contribution in [-0.2, 0) is 0 Å². The first kappa shape index (κ1) is 16.8. The third kappa shape index (κ3) is 2.62. The Morgan fingerprint density at radius 3 is 3.00 bits per heavy atom. The van der Waals surface area contributed by atoms with Crippen LogP contribution < -0.4 is 4.74 Å². The van der Waals surface area contributed by atoms with Crippen LogP contribution in [0.1, 0.15) is 15.9 Å². The number of fused-ring (bicyclic) bond motifs is 2. The first-order valence-electron chi connectivity index (χ1n) is 8.95. The molecule has 0 radical (unpaired) electrons. The van der Waals surface area contributed by atoms with Crippen LogP contribution in [0.25, 0.3) is 15.6 Å². The molecule has 0 spiro atoms. The minimum Gasteiger partial charge on any atom is -0.455 e. The monoisotopic (exact) mass is 388 g/mol. The first-order valence-corrected chi connectivity index (χ1v) is 9.83. The fourth-order valence-electron chi connectivity index (χ4n) is 3.55. The molecule has 4 heterocycles. The molecule has 0 N–H and O–H groups in total. The van der Waals surface area contributed by atoms with Crippen LogP contribution in [0.2, 0.25) is 0 Å². The molecule has 1 fully saturated rings. The van der Waals surface area contributed by atoms with Gasteiger partial charge in [0.05, 0.1) is 23.7 Å². The van der Waals surface area contributed by atoms with Crippen molar-refractivity contribution in [2.75, 3.05) is 13.1 Å². The molecule has 1 saturated heterocycles. The van der Waals surface area contributed by atoms with E-state index in [4.69, 9.17) is 10.00 Å². The molecule has 1 aliphatic heterocycles. The third-order valence-electron chi connectivity index (χ3n) is 5.12. The van der Waals surface area contributed by atoms with E-state index in [2.05, 4.69) is 22.6 Å². The van der Waals surface area contributed by atoms with Crippen LogP contribution in [-0.4, -0.2) is 33.5 Å². The molecule has 3 aromatic heterocycles. The number of rotatable bonds is 3. The molecule has 138 valence electrons. The number of nitriles is 1. The second-order valence-corrected chi connectivity index (χ2v) is 7.86. The highest BCUT2D eigenvalue weighted by Gasteiger charge is 2.32. The number of ether oxygens (including phenoxy) is 1. The van der Waals surface area contributed by atoms with Gasteiger partial charge < -0.3 is 9.64 Å². The molecule has 0 unspecified atom stereocenters. The van der Waals surface area contributed by atoms with Crippen molar-refractivity contribution in [2.24, 2.45) is 5.92 Å². The lowest BCUT2D eigenvalue weighted by Gasteiger charge is -2.35. The van der Waals surface area contributed by atoms with E-state index in [0.29, 0.717) is 24.4 Å². The first-order chi connectivity index (χ1) is 13.6. The van der Waals surface area contributed by atoms with Gasteiger partial charge in [-0.05, 0) is 47.5 Å². The Balaban J connectivity index is 1.50. The van der Waals surface area contributed by atoms with Gasteiger partial charge in [-0.3, -0.25) is 4.79 Å². The molecular formula is C21H16N4O2S. The third-order valence-corrected chi connectivity index (χ3v) is 6.02. The zero-order valence-corrected chi connectivity index (χ0v) is 15.9. The van der Waals surface area contributed by atoms with E-state index in [1.807, 2.05) is 31.2 Å². The minimum absolute atomic E-state index is 0.0645. The summed E-state index contributed by atoms with van der Waals surface area (Å²) in [7, 11) is 0. The van der Waals surface area contributed by atoms with Gasteiger partial charge >= 0.3 is 0 Å². The number of aromatic nitrogens is 2. The number of carbonyl (C=O) groups excluding carboxylic acids is 1. The molecule has 0 atom stereocenters. The maximum atomic E-state index is 12.8. The number of carbonyl (C=O) groups is 1. The molecule has 6 nitrogen and oxygen atoms in total. The molecule has 1 amide bonds. The maximum absolute atomic E-state index is 12.8. The van der Waals surface area contributed by atoms with Crippen LogP contribution in [0.4, 0.5) is 0 Å². The number of amides is 1. The highest BCUT2D eigenvalue weighted by molar-refractivity contribution is 7.17. The van der Waals surface area contributed by atoms with E-state index in [1.54, 1.807) is 33.1 Å². The summed E-state index contributed by atoms with van der Waals surface area (Å²) in [6.07, 6.45) is 3.40. The Kier molecular flexibility index (Phi) is 3.81. The van der Waals surface area contributed by atoms with Crippen molar-refractivity contribution in [3.05, 3.63) is 59.2 Å². The lowest BCUT2D eigenvalue weighted by atomic mass is 10.0. The number of benzene rings is 1. The lowest BCUT2D eigenvalue weighted by Crippen LogP contribution is -2.49. The van der Waals surface area contributed by atoms with Crippen LogP contribution in [0.3, 0.4) is 0 Å². The van der Waals surface area contributed by atoms with Gasteiger partial charge in [0.1, 0.15) is 11.3 Å². The van der Waals surface area contributed by atoms with Crippen molar-refractivity contribution < 1.29 is 9.53 Å². The second-order valence-electron chi connectivity index (χ2n) is 6.91. The van der Waals surface area contributed by atoms with Crippen molar-refractivity contribution in [1.82, 2.24) is 14.5 Å². The fraction of sp³-hybridized carbons (Fsp3) is 0.190. The molecule has 0 saturated carbocycles. The minimum atomic E-state index is -0.0693. The van der Waals surface area contributed by atoms with Crippen molar-refractivity contribution in [3.8, 4) is 17.6 Å². The highest BCUT2D eigenvalue weighted by atomic mass is 32.1. The van der Waals surface area contributed by atoms with E-state index in [9.17, 15) is 4.79 Å². The number of aryl methyl sites for hydroxylation is 1. The number of thiophene rings is 1. The van der Waals surface area contributed by atoms with Crippen LogP contribution in [0.5, 0.6) is 11.5 Å². The molecule has 0 bridgehead atoms. The maximum Gasteiger partial charge on any atom is 0.255 e. The summed E-state index contributed by atoms with van der Waals surface area (Å²) in [5.41, 5.74) is 2.19. The highest BCUT2D eigenvalue weighted by Crippen LogP contribution is 2.33. The summed E-state index contributed by atoms with van der Waals surface area (Å²) in [6, 6.07) is 12.1. The molecule has 4 aromatic rings. The smallest absolute Gasteiger partial charge is 0.255 e. The van der Waals surface area contributed by atoms with Crippen LogP contribution in [0, 0.1) is 24.2 Å². The van der Waals surface area contributed by atoms with Gasteiger partial charge in [0.2, 0.25) is 0 Å². The summed E-state index contributed by atoms with van der Waals surface area (Å²) in [5.74, 6) is 1.26. The van der Waals surface area contributed by atoms with Gasteiger partial charge in [-0.1, -0.05) is 0 Å². The van der Waals surface area contributed by atoms with Gasteiger partial charge in [0, 0.05) is 30.1 Å². The number of hydrogen-bond donors (Lipinski definition) is 0. The van der Waals surface area contributed by atoms with Crippen LogP contribution in [0.15, 0.2) is 48.1 Å². The molecule has 1 aromatic carbocycles. The lowest BCUT2D eigenvalue weighted by molar-refractivity contribution is 0.0576. The predicted molar refractivity (Wildman–Crippen MR) is 107 cm³/mol. The Hall–Kier alpha value is -3.37. The number of nitrogens with zero attached hydrogens (tertiary/aromatic N) is 4. The SMILES string of the molecule is Cc1c(C(=O)N2CC(C#N)C2)cn2nccc(Oc3ccc4sccc4c3)c12. The quantitative estimate of drug-likeness (QED) is 0.526. The van der Waals surface area contributed by atoms with E-state index >= 15 is 0 Å². The second kappa shape index (κ2) is 6.36. The molecule has 0 aliphatic carbocycles. The van der Waals surface area contributed by atoms with E-state index in [1.165, 1.54) is 4.70 Å². The normalized spacial score (nSPS) is 14.2. The Morgan fingerprint density at radius 1 is 1.32 bits per heavy atom. The molecule has 28 heavy (non-hydrogen) atoms. The summed E-state index contributed by atoms with van der Waals surface area (Å²) in [6.45, 7) is 2.87. The van der Waals surface area contributed by atoms with E-state index in [0.717, 1.165) is 22.2 Å². The summed E-state index contributed by atoms with van der Waals surface area (Å²) in [4.78, 5) is 14.5. The Bertz CT molecular complexity index is 1260. The number of hydrogen-bond acceptors (Lipinski definition) is 5. The van der Waals surface area contributed by atoms with Gasteiger partial charge in [-0.2, -0.15) is 10.4 Å². The van der Waals surface area contributed by atoms with Gasteiger partial charge in [-0.25, -0.2) is 4.52 Å². The number of likely N-dealkylation sites (tertiary alicyclic amines) is 1. The van der Waals surface area contributed by atoms with Crippen molar-refractivity contribution >= 4 is 32.8 Å². The summed E-state index contributed by atoms with van der Waals surface area (Å²) >= 11 is 1.69. The molecule has 1 aliphatic rings. The van der Waals surface area contributed by atoms with Crippen molar-refractivity contribution in [1.29, 1.82) is 5.26 Å². The zero-order valence-electron chi connectivity index (χ0n) is 15.1. The van der Waals surface area contributed by atoms with Crippen molar-refractivity contribution in [3.63, 3.8) is 0 Å². The Morgan fingerprint density at radius 2 is 2.18 bits per heavy atom. The summed E-state index contributed by atoms with van der Waals surface area (Å²) in [5, 5.41) is 16.5. The molecule has 5 rings (SSSR count). The fourth-order valence-corrected chi connectivity index (χ4v) is 4.32. The molecular weight excluding hydrogens is 372 g/mol. The van der Waals surface area contributed by atoms with Gasteiger partial charge in [-0.15, -0.1) is 11.3 Å². The average molecular weight is 388 g/mol. The van der Waals surface area contributed by atoms with Gasteiger partial charge in [0.25, 0.3) is 5.91 Å². The topological polar surface area (TPSA) is 70.6 Å². The largest absolute Gasteiger partial charge is 0.455 e. The Labute approximate surface area is 165 Å². The van der Waals surface area contributed by atoms with Crippen molar-refractivity contribution in [2.45, 2.75) is 6.92 Å². The average Bonchev–Trinajstić information content (AvgIpc) is 3.25. The zero-order chi connectivity index (χ0) is 19.3. The van der Waals surface area contributed by atoms with Gasteiger partial charge in [0.15, 0.2) is 5.75 Å². The summed E-state index contributed by atoms with van der Waals surface area (Å²) < 4.78 is 9.05. The standard InChI is InChI=1S/C21H16N4O2S/c1-13-17(21(26)24-10-14(9-22)11-24)12-25-20(13)18(4-6-23-25)27-16-2-3-19-15(8-16)5-7-28-19/h2-8,12,14H,10-11H2,1H3. The predicted octanol–water partition coefficient (Wildman–Crippen LogP) is 4.25. The van der Waals surface area contributed by atoms with E-state index < -0.39 is 0 Å². The molecule has 7 heteroatoms.